The third-order valence-electron chi connectivity index (χ3n) is 4.02. The normalized spacial score (nSPS) is 18.7. The monoisotopic (exact) mass is 290 g/mol. The van der Waals surface area contributed by atoms with Crippen LogP contribution in [0.4, 0.5) is 4.39 Å². The first-order valence-electron chi connectivity index (χ1n) is 7.28. The molecule has 1 aliphatic heterocycles. The molecule has 1 aromatic carbocycles. The van der Waals surface area contributed by atoms with E-state index < -0.39 is 0 Å². The first-order chi connectivity index (χ1) is 10.2. The van der Waals surface area contributed by atoms with Crippen LogP contribution in [0.5, 0.6) is 5.75 Å². The number of ether oxygens (including phenoxy) is 1. The molecule has 1 heterocycles. The predicted octanol–water partition coefficient (Wildman–Crippen LogP) is 2.04. The lowest BCUT2D eigenvalue weighted by Gasteiger charge is -2.28. The van der Waals surface area contributed by atoms with Gasteiger partial charge in [0.15, 0.2) is 0 Å². The summed E-state index contributed by atoms with van der Waals surface area (Å²) in [5.74, 6) is 0.769. The fraction of sp³-hybridized carbons (Fsp3) is 0.438. The molecule has 21 heavy (non-hydrogen) atoms. The van der Waals surface area contributed by atoms with Crippen molar-refractivity contribution in [3.63, 3.8) is 0 Å². The van der Waals surface area contributed by atoms with Crippen LogP contribution in [0.15, 0.2) is 30.1 Å². The Hall–Kier alpha value is -1.88. The molecule has 1 saturated carbocycles. The summed E-state index contributed by atoms with van der Waals surface area (Å²) < 4.78 is 18.0. The zero-order valence-corrected chi connectivity index (χ0v) is 11.8. The molecule has 1 aromatic rings. The summed E-state index contributed by atoms with van der Waals surface area (Å²) in [5, 5.41) is 0. The molecule has 0 radical (unpaired) electrons. The standard InChI is InChI=1S/C16H19FN2O2/c17-8-11(9-18)10-21-14-3-4-15-12(7-14)5-6-19(16(15)20)13-1-2-13/h3-4,7-8,13H,1-2,5-6,9-10,18H2/b11-8-. The summed E-state index contributed by atoms with van der Waals surface area (Å²) in [4.78, 5) is 14.4. The Morgan fingerprint density at radius 1 is 1.48 bits per heavy atom. The van der Waals surface area contributed by atoms with E-state index in [4.69, 9.17) is 10.5 Å². The van der Waals surface area contributed by atoms with Crippen LogP contribution in [0, 0.1) is 0 Å². The molecule has 1 aliphatic carbocycles. The van der Waals surface area contributed by atoms with Crippen molar-refractivity contribution < 1.29 is 13.9 Å². The molecule has 0 atom stereocenters. The Balaban J connectivity index is 1.72. The van der Waals surface area contributed by atoms with Gasteiger partial charge in [-0.3, -0.25) is 4.79 Å². The summed E-state index contributed by atoms with van der Waals surface area (Å²) in [6.45, 7) is 1.04. The molecule has 4 nitrogen and oxygen atoms in total. The molecule has 3 rings (SSSR count). The number of carbonyl (C=O) groups excluding carboxylic acids is 1. The molecule has 112 valence electrons. The van der Waals surface area contributed by atoms with Gasteiger partial charge in [-0.2, -0.15) is 0 Å². The molecule has 0 bridgehead atoms. The fourth-order valence-corrected chi connectivity index (χ4v) is 2.62. The molecule has 0 aromatic heterocycles. The molecule has 0 saturated heterocycles. The number of benzene rings is 1. The number of amides is 1. The van der Waals surface area contributed by atoms with Crippen molar-refractivity contribution in [2.24, 2.45) is 5.73 Å². The molecule has 0 spiro atoms. The maximum Gasteiger partial charge on any atom is 0.254 e. The van der Waals surface area contributed by atoms with E-state index in [1.54, 1.807) is 6.07 Å². The van der Waals surface area contributed by atoms with E-state index in [2.05, 4.69) is 0 Å². The van der Waals surface area contributed by atoms with Gasteiger partial charge < -0.3 is 15.4 Å². The number of carbonyl (C=O) groups is 1. The van der Waals surface area contributed by atoms with Crippen molar-refractivity contribution in [1.82, 2.24) is 4.90 Å². The quantitative estimate of drug-likeness (QED) is 0.903. The first-order valence-corrected chi connectivity index (χ1v) is 7.28. The van der Waals surface area contributed by atoms with Crippen LogP contribution in [-0.2, 0) is 6.42 Å². The number of fused-ring (bicyclic) bond motifs is 1. The highest BCUT2D eigenvalue weighted by Gasteiger charge is 2.35. The highest BCUT2D eigenvalue weighted by Crippen LogP contribution is 2.32. The van der Waals surface area contributed by atoms with Gasteiger partial charge in [0.2, 0.25) is 0 Å². The molecule has 2 aliphatic rings. The van der Waals surface area contributed by atoms with Crippen LogP contribution in [0.3, 0.4) is 0 Å². The van der Waals surface area contributed by atoms with Gasteiger partial charge in [-0.05, 0) is 43.0 Å². The average Bonchev–Trinajstić information content (AvgIpc) is 3.33. The molecule has 5 heteroatoms. The van der Waals surface area contributed by atoms with Gasteiger partial charge in [-0.15, -0.1) is 0 Å². The van der Waals surface area contributed by atoms with Gasteiger partial charge in [-0.25, -0.2) is 4.39 Å². The second kappa shape index (κ2) is 5.85. The van der Waals surface area contributed by atoms with Gasteiger partial charge in [0, 0.05) is 30.3 Å². The number of nitrogens with two attached hydrogens (primary N) is 1. The van der Waals surface area contributed by atoms with Crippen LogP contribution >= 0.6 is 0 Å². The lowest BCUT2D eigenvalue weighted by molar-refractivity contribution is 0.0727. The van der Waals surface area contributed by atoms with E-state index in [0.29, 0.717) is 23.7 Å². The highest BCUT2D eigenvalue weighted by atomic mass is 19.1. The highest BCUT2D eigenvalue weighted by molar-refractivity contribution is 5.97. The van der Waals surface area contributed by atoms with E-state index in [-0.39, 0.29) is 19.1 Å². The minimum Gasteiger partial charge on any atom is -0.489 e. The van der Waals surface area contributed by atoms with Crippen molar-refractivity contribution in [3.05, 3.63) is 41.2 Å². The molecular weight excluding hydrogens is 271 g/mol. The van der Waals surface area contributed by atoms with Crippen LogP contribution in [0.1, 0.15) is 28.8 Å². The number of nitrogens with zero attached hydrogens (tertiary/aromatic N) is 1. The molecule has 2 N–H and O–H groups in total. The summed E-state index contributed by atoms with van der Waals surface area (Å²) in [6.07, 6.45) is 3.58. The van der Waals surface area contributed by atoms with Crippen molar-refractivity contribution in [1.29, 1.82) is 0 Å². The summed E-state index contributed by atoms with van der Waals surface area (Å²) >= 11 is 0. The average molecular weight is 290 g/mol. The molecule has 1 amide bonds. The Labute approximate surface area is 123 Å². The smallest absolute Gasteiger partial charge is 0.254 e. The number of rotatable bonds is 5. The third-order valence-corrected chi connectivity index (χ3v) is 4.02. The van der Waals surface area contributed by atoms with Gasteiger partial charge in [0.1, 0.15) is 12.4 Å². The van der Waals surface area contributed by atoms with E-state index in [9.17, 15) is 9.18 Å². The maximum atomic E-state index is 12.4. The Morgan fingerprint density at radius 2 is 2.29 bits per heavy atom. The summed E-state index contributed by atoms with van der Waals surface area (Å²) in [6, 6.07) is 5.90. The maximum absolute atomic E-state index is 12.4. The van der Waals surface area contributed by atoms with Crippen molar-refractivity contribution >= 4 is 5.91 Å². The second-order valence-electron chi connectivity index (χ2n) is 5.56. The lowest BCUT2D eigenvalue weighted by atomic mass is 9.98. The Kier molecular flexibility index (Phi) is 3.92. The van der Waals surface area contributed by atoms with E-state index >= 15 is 0 Å². The largest absolute Gasteiger partial charge is 0.489 e. The van der Waals surface area contributed by atoms with Crippen molar-refractivity contribution in [2.75, 3.05) is 19.7 Å². The van der Waals surface area contributed by atoms with Gasteiger partial charge in [0.25, 0.3) is 5.91 Å². The zero-order chi connectivity index (χ0) is 14.8. The Morgan fingerprint density at radius 3 is 2.95 bits per heavy atom. The minimum atomic E-state index is 0.122. The third kappa shape index (κ3) is 2.93. The van der Waals surface area contributed by atoms with Gasteiger partial charge in [0.05, 0.1) is 6.33 Å². The van der Waals surface area contributed by atoms with E-state index in [1.165, 1.54) is 0 Å². The summed E-state index contributed by atoms with van der Waals surface area (Å²) in [7, 11) is 0. The Bertz CT molecular complexity index is 582. The van der Waals surface area contributed by atoms with Crippen LogP contribution in [-0.4, -0.2) is 36.5 Å². The second-order valence-corrected chi connectivity index (χ2v) is 5.56. The van der Waals surface area contributed by atoms with E-state index in [0.717, 1.165) is 36.9 Å². The molecular formula is C16H19FN2O2. The van der Waals surface area contributed by atoms with Crippen LogP contribution in [0.25, 0.3) is 0 Å². The predicted molar refractivity (Wildman–Crippen MR) is 77.9 cm³/mol. The molecule has 0 unspecified atom stereocenters. The van der Waals surface area contributed by atoms with Crippen LogP contribution < -0.4 is 10.5 Å². The number of hydrogen-bond donors (Lipinski definition) is 1. The van der Waals surface area contributed by atoms with Crippen LogP contribution in [0.2, 0.25) is 0 Å². The van der Waals surface area contributed by atoms with Gasteiger partial charge in [-0.1, -0.05) is 0 Å². The SMILES string of the molecule is NC/C(=C/F)COc1ccc2c(c1)CCN(C1CC1)C2=O. The van der Waals surface area contributed by atoms with Crippen molar-refractivity contribution in [3.8, 4) is 5.75 Å². The zero-order valence-electron chi connectivity index (χ0n) is 11.8. The van der Waals surface area contributed by atoms with E-state index in [1.807, 2.05) is 17.0 Å². The first kappa shape index (κ1) is 14.1. The van der Waals surface area contributed by atoms with Crippen molar-refractivity contribution in [2.45, 2.75) is 25.3 Å². The fourth-order valence-electron chi connectivity index (χ4n) is 2.62. The number of halogens is 1. The summed E-state index contributed by atoms with van der Waals surface area (Å²) in [5.41, 5.74) is 7.57. The number of hydrogen-bond acceptors (Lipinski definition) is 3. The van der Waals surface area contributed by atoms with Gasteiger partial charge >= 0.3 is 0 Å². The lowest BCUT2D eigenvalue weighted by Crippen LogP contribution is -2.39. The topological polar surface area (TPSA) is 55.6 Å². The molecule has 1 fully saturated rings. The minimum absolute atomic E-state index is 0.122.